The number of para-hydroxylation sites is 1. The summed E-state index contributed by atoms with van der Waals surface area (Å²) in [5.74, 6) is 0.000245. The van der Waals surface area contributed by atoms with Crippen LogP contribution in [0.15, 0.2) is 71.8 Å². The third-order valence-corrected chi connectivity index (χ3v) is 4.46. The fraction of sp³-hybridized carbons (Fsp3) is 0.143. The SMILES string of the molecule is Cn1cc(CC(=O)NCc2ccc(-c3ccoc3)nc2)c2ccccc21. The first-order valence-corrected chi connectivity index (χ1v) is 8.48. The molecule has 4 aromatic rings. The minimum absolute atomic E-state index is 0.000245. The summed E-state index contributed by atoms with van der Waals surface area (Å²) < 4.78 is 7.12. The molecule has 3 heterocycles. The van der Waals surface area contributed by atoms with Crippen LogP contribution in [0.3, 0.4) is 0 Å². The molecule has 0 unspecified atom stereocenters. The van der Waals surface area contributed by atoms with E-state index in [0.29, 0.717) is 13.0 Å². The highest BCUT2D eigenvalue weighted by Crippen LogP contribution is 2.21. The summed E-state index contributed by atoms with van der Waals surface area (Å²) in [7, 11) is 2.00. The van der Waals surface area contributed by atoms with Crippen molar-refractivity contribution in [1.29, 1.82) is 0 Å². The van der Waals surface area contributed by atoms with Gasteiger partial charge in [0.05, 0.1) is 24.6 Å². The van der Waals surface area contributed by atoms with Crippen molar-refractivity contribution in [3.63, 3.8) is 0 Å². The van der Waals surface area contributed by atoms with Crippen molar-refractivity contribution in [2.75, 3.05) is 0 Å². The molecule has 130 valence electrons. The molecule has 5 nitrogen and oxygen atoms in total. The van der Waals surface area contributed by atoms with Gasteiger partial charge >= 0.3 is 0 Å². The van der Waals surface area contributed by atoms with E-state index in [1.54, 1.807) is 18.7 Å². The van der Waals surface area contributed by atoms with Crippen molar-refractivity contribution in [2.24, 2.45) is 7.05 Å². The van der Waals surface area contributed by atoms with E-state index in [9.17, 15) is 4.79 Å². The summed E-state index contributed by atoms with van der Waals surface area (Å²) in [6.07, 6.45) is 7.44. The lowest BCUT2D eigenvalue weighted by molar-refractivity contribution is -0.120. The second-order valence-electron chi connectivity index (χ2n) is 6.30. The predicted molar refractivity (Wildman–Crippen MR) is 100 cm³/mol. The van der Waals surface area contributed by atoms with Gasteiger partial charge in [-0.25, -0.2) is 0 Å². The van der Waals surface area contributed by atoms with Gasteiger partial charge in [-0.1, -0.05) is 24.3 Å². The molecule has 0 spiro atoms. The summed E-state index contributed by atoms with van der Waals surface area (Å²) >= 11 is 0. The number of hydrogen-bond acceptors (Lipinski definition) is 3. The molecule has 1 N–H and O–H groups in total. The topological polar surface area (TPSA) is 60.1 Å². The number of amides is 1. The van der Waals surface area contributed by atoms with Crippen LogP contribution in [0.5, 0.6) is 0 Å². The van der Waals surface area contributed by atoms with Crippen LogP contribution in [0, 0.1) is 0 Å². The Hall–Kier alpha value is -3.34. The quantitative estimate of drug-likeness (QED) is 0.600. The van der Waals surface area contributed by atoms with Gasteiger partial charge < -0.3 is 14.3 Å². The zero-order chi connectivity index (χ0) is 17.9. The monoisotopic (exact) mass is 345 g/mol. The number of nitrogens with zero attached hydrogens (tertiary/aromatic N) is 2. The van der Waals surface area contributed by atoms with Crippen LogP contribution in [0.25, 0.3) is 22.2 Å². The number of fused-ring (bicyclic) bond motifs is 1. The predicted octanol–water partition coefficient (Wildman–Crippen LogP) is 3.69. The van der Waals surface area contributed by atoms with Gasteiger partial charge in [0.25, 0.3) is 0 Å². The molecule has 0 aliphatic carbocycles. The van der Waals surface area contributed by atoms with E-state index in [2.05, 4.69) is 27.0 Å². The van der Waals surface area contributed by atoms with E-state index in [1.807, 2.05) is 43.6 Å². The first kappa shape index (κ1) is 16.1. The molecule has 4 rings (SSSR count). The van der Waals surface area contributed by atoms with Crippen molar-refractivity contribution < 1.29 is 9.21 Å². The van der Waals surface area contributed by atoms with E-state index in [4.69, 9.17) is 4.42 Å². The lowest BCUT2D eigenvalue weighted by Crippen LogP contribution is -2.24. The van der Waals surface area contributed by atoms with Crippen molar-refractivity contribution >= 4 is 16.8 Å². The van der Waals surface area contributed by atoms with Crippen LogP contribution in [0.4, 0.5) is 0 Å². The van der Waals surface area contributed by atoms with Gasteiger partial charge in [0.2, 0.25) is 5.91 Å². The first-order valence-electron chi connectivity index (χ1n) is 8.48. The highest BCUT2D eigenvalue weighted by Gasteiger charge is 2.10. The second kappa shape index (κ2) is 6.88. The van der Waals surface area contributed by atoms with Gasteiger partial charge in [0, 0.05) is 42.5 Å². The zero-order valence-corrected chi connectivity index (χ0v) is 14.5. The summed E-state index contributed by atoms with van der Waals surface area (Å²) in [5, 5.41) is 4.09. The maximum absolute atomic E-state index is 12.3. The van der Waals surface area contributed by atoms with Crippen LogP contribution in [0.1, 0.15) is 11.1 Å². The van der Waals surface area contributed by atoms with Crippen molar-refractivity contribution in [1.82, 2.24) is 14.9 Å². The average Bonchev–Trinajstić information content (AvgIpc) is 3.30. The van der Waals surface area contributed by atoms with Crippen LogP contribution in [0.2, 0.25) is 0 Å². The first-order chi connectivity index (χ1) is 12.7. The molecule has 0 radical (unpaired) electrons. The summed E-state index contributed by atoms with van der Waals surface area (Å²) in [6, 6.07) is 13.9. The number of carbonyl (C=O) groups is 1. The molecule has 0 atom stereocenters. The van der Waals surface area contributed by atoms with Gasteiger partial charge in [-0.2, -0.15) is 0 Å². The van der Waals surface area contributed by atoms with Gasteiger partial charge in [0.15, 0.2) is 0 Å². The maximum atomic E-state index is 12.3. The number of pyridine rings is 1. The number of carbonyl (C=O) groups excluding carboxylic acids is 1. The highest BCUT2D eigenvalue weighted by atomic mass is 16.3. The number of benzene rings is 1. The zero-order valence-electron chi connectivity index (χ0n) is 14.5. The Bertz CT molecular complexity index is 1030. The average molecular weight is 345 g/mol. The minimum Gasteiger partial charge on any atom is -0.472 e. The smallest absolute Gasteiger partial charge is 0.224 e. The Kier molecular flexibility index (Phi) is 4.27. The van der Waals surface area contributed by atoms with Gasteiger partial charge in [-0.05, 0) is 29.3 Å². The Balaban J connectivity index is 1.39. The third-order valence-electron chi connectivity index (χ3n) is 4.46. The molecule has 5 heteroatoms. The van der Waals surface area contributed by atoms with Gasteiger partial charge in [0.1, 0.15) is 0 Å². The van der Waals surface area contributed by atoms with E-state index in [1.165, 1.54) is 0 Å². The van der Waals surface area contributed by atoms with Crippen molar-refractivity contribution in [2.45, 2.75) is 13.0 Å². The van der Waals surface area contributed by atoms with Gasteiger partial charge in [-0.3, -0.25) is 9.78 Å². The summed E-state index contributed by atoms with van der Waals surface area (Å²) in [4.78, 5) is 16.8. The molecule has 0 bridgehead atoms. The molecule has 26 heavy (non-hydrogen) atoms. The fourth-order valence-electron chi connectivity index (χ4n) is 3.11. The standard InChI is InChI=1S/C21H19N3O2/c1-24-13-17(18-4-2-3-5-20(18)24)10-21(25)23-12-15-6-7-19(22-11-15)16-8-9-26-14-16/h2-9,11,13-14H,10,12H2,1H3,(H,23,25). The Morgan fingerprint density at radius 1 is 1.19 bits per heavy atom. The lowest BCUT2D eigenvalue weighted by atomic mass is 10.1. The number of aromatic nitrogens is 2. The van der Waals surface area contributed by atoms with Crippen LogP contribution in [-0.4, -0.2) is 15.5 Å². The van der Waals surface area contributed by atoms with Crippen molar-refractivity contribution in [3.05, 3.63) is 78.5 Å². The molecule has 0 aliphatic rings. The summed E-state index contributed by atoms with van der Waals surface area (Å²) in [5.41, 5.74) is 4.92. The van der Waals surface area contributed by atoms with E-state index >= 15 is 0 Å². The molecule has 0 saturated heterocycles. The largest absolute Gasteiger partial charge is 0.472 e. The maximum Gasteiger partial charge on any atom is 0.224 e. The number of hydrogen-bond donors (Lipinski definition) is 1. The van der Waals surface area contributed by atoms with E-state index < -0.39 is 0 Å². The number of aryl methyl sites for hydroxylation is 1. The fourth-order valence-corrected chi connectivity index (χ4v) is 3.11. The third kappa shape index (κ3) is 3.24. The lowest BCUT2D eigenvalue weighted by Gasteiger charge is -2.05. The number of rotatable bonds is 5. The minimum atomic E-state index is 0.000245. The molecule has 0 aliphatic heterocycles. The van der Waals surface area contributed by atoms with Crippen LogP contribution < -0.4 is 5.32 Å². The normalized spacial score (nSPS) is 11.0. The molecular weight excluding hydrogens is 326 g/mol. The number of furan rings is 1. The molecule has 0 saturated carbocycles. The Morgan fingerprint density at radius 3 is 2.85 bits per heavy atom. The molecular formula is C21H19N3O2. The molecule has 1 amide bonds. The second-order valence-corrected chi connectivity index (χ2v) is 6.30. The molecule has 0 fully saturated rings. The Morgan fingerprint density at radius 2 is 2.08 bits per heavy atom. The highest BCUT2D eigenvalue weighted by molar-refractivity contribution is 5.89. The van der Waals surface area contributed by atoms with Crippen LogP contribution in [-0.2, 0) is 24.8 Å². The summed E-state index contributed by atoms with van der Waals surface area (Å²) in [6.45, 7) is 0.461. The molecule has 3 aromatic heterocycles. The van der Waals surface area contributed by atoms with Gasteiger partial charge in [-0.15, -0.1) is 0 Å². The van der Waals surface area contributed by atoms with E-state index in [0.717, 1.165) is 33.3 Å². The Labute approximate surface area is 151 Å². The molecule has 1 aromatic carbocycles. The van der Waals surface area contributed by atoms with Crippen molar-refractivity contribution in [3.8, 4) is 11.3 Å². The number of nitrogens with one attached hydrogen (secondary N) is 1. The van der Waals surface area contributed by atoms with E-state index in [-0.39, 0.29) is 5.91 Å². The van der Waals surface area contributed by atoms with Crippen LogP contribution >= 0.6 is 0 Å².